The standard InChI is InChI=1S/C21H26FN3O/c1-24(2)20-12-7-8-16(23-20)13-14-17-9-5-6-15-25(17)21(26)18-10-3-4-11-19(18)22/h3-4,7-8,10-12,17H,5-6,9,13-15H2,1-2H3/t17-/m1/s1. The van der Waals surface area contributed by atoms with Gasteiger partial charge in [-0.2, -0.15) is 0 Å². The summed E-state index contributed by atoms with van der Waals surface area (Å²) in [4.78, 5) is 21.4. The van der Waals surface area contributed by atoms with E-state index < -0.39 is 5.82 Å². The van der Waals surface area contributed by atoms with Crippen molar-refractivity contribution in [2.45, 2.75) is 38.1 Å². The molecule has 3 rings (SSSR count). The van der Waals surface area contributed by atoms with Crippen molar-refractivity contribution in [1.29, 1.82) is 0 Å². The SMILES string of the molecule is CN(C)c1cccc(CC[C@H]2CCCCN2C(=O)c2ccccc2F)n1. The van der Waals surface area contributed by atoms with Crippen LogP contribution in [0, 0.1) is 5.82 Å². The van der Waals surface area contributed by atoms with Gasteiger partial charge in [-0.25, -0.2) is 9.37 Å². The maximum absolute atomic E-state index is 14.0. The lowest BCUT2D eigenvalue weighted by Gasteiger charge is -2.36. The molecule has 0 radical (unpaired) electrons. The van der Waals surface area contributed by atoms with E-state index >= 15 is 0 Å². The maximum Gasteiger partial charge on any atom is 0.257 e. The first-order valence-electron chi connectivity index (χ1n) is 9.25. The van der Waals surface area contributed by atoms with Crippen molar-refractivity contribution in [1.82, 2.24) is 9.88 Å². The lowest BCUT2D eigenvalue weighted by atomic mass is 9.96. The Morgan fingerprint density at radius 3 is 2.77 bits per heavy atom. The number of nitrogens with zero attached hydrogens (tertiary/aromatic N) is 3. The second-order valence-corrected chi connectivity index (χ2v) is 7.05. The Kier molecular flexibility index (Phi) is 5.86. The first kappa shape index (κ1) is 18.4. The van der Waals surface area contributed by atoms with E-state index in [4.69, 9.17) is 0 Å². The van der Waals surface area contributed by atoms with Gasteiger partial charge in [0.05, 0.1) is 5.56 Å². The fourth-order valence-electron chi connectivity index (χ4n) is 3.53. The number of halogens is 1. The summed E-state index contributed by atoms with van der Waals surface area (Å²) in [5.41, 5.74) is 1.20. The Morgan fingerprint density at radius 1 is 1.19 bits per heavy atom. The van der Waals surface area contributed by atoms with Crippen molar-refractivity contribution in [2.24, 2.45) is 0 Å². The van der Waals surface area contributed by atoms with Crippen LogP contribution in [-0.2, 0) is 6.42 Å². The molecule has 0 unspecified atom stereocenters. The zero-order chi connectivity index (χ0) is 18.5. The third kappa shape index (κ3) is 4.21. The minimum Gasteiger partial charge on any atom is -0.363 e. The molecule has 0 spiro atoms. The van der Waals surface area contributed by atoms with E-state index in [9.17, 15) is 9.18 Å². The molecule has 0 saturated carbocycles. The predicted octanol–water partition coefficient (Wildman–Crippen LogP) is 3.91. The molecule has 0 aliphatic carbocycles. The third-order valence-electron chi connectivity index (χ3n) is 4.98. The molecule has 1 aliphatic heterocycles. The second-order valence-electron chi connectivity index (χ2n) is 7.05. The number of anilines is 1. The summed E-state index contributed by atoms with van der Waals surface area (Å²) in [7, 11) is 3.95. The lowest BCUT2D eigenvalue weighted by molar-refractivity contribution is 0.0597. The van der Waals surface area contributed by atoms with Crippen LogP contribution in [0.3, 0.4) is 0 Å². The second kappa shape index (κ2) is 8.30. The molecular formula is C21H26FN3O. The van der Waals surface area contributed by atoms with Crippen LogP contribution in [0.4, 0.5) is 10.2 Å². The van der Waals surface area contributed by atoms with Crippen LogP contribution in [-0.4, -0.2) is 42.5 Å². The summed E-state index contributed by atoms with van der Waals surface area (Å²) >= 11 is 0. The van der Waals surface area contributed by atoms with Crippen LogP contribution >= 0.6 is 0 Å². The normalized spacial score (nSPS) is 17.2. The van der Waals surface area contributed by atoms with Crippen molar-refractivity contribution in [3.05, 3.63) is 59.5 Å². The minimum absolute atomic E-state index is 0.140. The van der Waals surface area contributed by atoms with E-state index in [1.807, 2.05) is 42.1 Å². The molecule has 1 saturated heterocycles. The van der Waals surface area contributed by atoms with Gasteiger partial charge in [0.2, 0.25) is 0 Å². The molecule has 1 aromatic carbocycles. The van der Waals surface area contributed by atoms with Crippen LogP contribution in [0.25, 0.3) is 0 Å². The molecule has 1 aromatic heterocycles. The number of carbonyl (C=O) groups is 1. The number of hydrogen-bond acceptors (Lipinski definition) is 3. The molecular weight excluding hydrogens is 329 g/mol. The minimum atomic E-state index is -0.442. The van der Waals surface area contributed by atoms with Crippen LogP contribution in [0.1, 0.15) is 41.7 Å². The summed E-state index contributed by atoms with van der Waals surface area (Å²) in [5, 5.41) is 0. The smallest absolute Gasteiger partial charge is 0.257 e. The molecule has 2 aromatic rings. The molecule has 1 fully saturated rings. The number of hydrogen-bond donors (Lipinski definition) is 0. The highest BCUT2D eigenvalue weighted by molar-refractivity contribution is 5.94. The number of pyridine rings is 1. The average molecular weight is 355 g/mol. The Hall–Kier alpha value is -2.43. The summed E-state index contributed by atoms with van der Waals surface area (Å²) in [6.45, 7) is 0.697. The highest BCUT2D eigenvalue weighted by atomic mass is 19.1. The number of aryl methyl sites for hydroxylation is 1. The number of likely N-dealkylation sites (tertiary alicyclic amines) is 1. The van der Waals surface area contributed by atoms with Gasteiger partial charge in [-0.15, -0.1) is 0 Å². The van der Waals surface area contributed by atoms with Gasteiger partial charge in [0.1, 0.15) is 11.6 Å². The van der Waals surface area contributed by atoms with E-state index in [0.717, 1.165) is 43.6 Å². The maximum atomic E-state index is 14.0. The van der Waals surface area contributed by atoms with Crippen molar-refractivity contribution < 1.29 is 9.18 Å². The van der Waals surface area contributed by atoms with E-state index in [1.165, 1.54) is 6.07 Å². The Balaban J connectivity index is 1.70. The molecule has 4 nitrogen and oxygen atoms in total. The number of rotatable bonds is 5. The van der Waals surface area contributed by atoms with Gasteiger partial charge in [0, 0.05) is 32.4 Å². The number of amides is 1. The monoisotopic (exact) mass is 355 g/mol. The van der Waals surface area contributed by atoms with Gasteiger partial charge in [0.25, 0.3) is 5.91 Å². The highest BCUT2D eigenvalue weighted by Gasteiger charge is 2.28. The van der Waals surface area contributed by atoms with Gasteiger partial charge in [-0.3, -0.25) is 4.79 Å². The summed E-state index contributed by atoms with van der Waals surface area (Å²) in [5.74, 6) is 0.301. The quantitative estimate of drug-likeness (QED) is 0.816. The van der Waals surface area contributed by atoms with Crippen LogP contribution in [0.5, 0.6) is 0 Å². The van der Waals surface area contributed by atoms with E-state index in [2.05, 4.69) is 4.98 Å². The molecule has 1 atom stereocenters. The first-order chi connectivity index (χ1) is 12.6. The largest absolute Gasteiger partial charge is 0.363 e. The molecule has 2 heterocycles. The van der Waals surface area contributed by atoms with Crippen molar-refractivity contribution in [3.8, 4) is 0 Å². The van der Waals surface area contributed by atoms with Gasteiger partial charge < -0.3 is 9.80 Å². The van der Waals surface area contributed by atoms with Crippen molar-refractivity contribution in [3.63, 3.8) is 0 Å². The molecule has 0 bridgehead atoms. The van der Waals surface area contributed by atoms with Crippen LogP contribution in [0.2, 0.25) is 0 Å². The number of carbonyl (C=O) groups excluding carboxylic acids is 1. The van der Waals surface area contributed by atoms with Gasteiger partial charge >= 0.3 is 0 Å². The zero-order valence-electron chi connectivity index (χ0n) is 15.5. The summed E-state index contributed by atoms with van der Waals surface area (Å²) in [6, 6.07) is 12.4. The third-order valence-corrected chi connectivity index (χ3v) is 4.98. The molecule has 1 amide bonds. The molecule has 1 aliphatic rings. The van der Waals surface area contributed by atoms with Crippen LogP contribution < -0.4 is 4.90 Å². The topological polar surface area (TPSA) is 36.4 Å². The Bertz CT molecular complexity index is 762. The molecule has 138 valence electrons. The average Bonchev–Trinajstić information content (AvgIpc) is 2.66. The lowest BCUT2D eigenvalue weighted by Crippen LogP contribution is -2.44. The zero-order valence-corrected chi connectivity index (χ0v) is 15.5. The predicted molar refractivity (Wildman–Crippen MR) is 102 cm³/mol. The first-order valence-corrected chi connectivity index (χ1v) is 9.25. The van der Waals surface area contributed by atoms with Gasteiger partial charge in [0.15, 0.2) is 0 Å². The van der Waals surface area contributed by atoms with Crippen molar-refractivity contribution >= 4 is 11.7 Å². The van der Waals surface area contributed by atoms with Gasteiger partial charge in [-0.05, 0) is 56.4 Å². The van der Waals surface area contributed by atoms with Crippen molar-refractivity contribution in [2.75, 3.05) is 25.5 Å². The Morgan fingerprint density at radius 2 is 2.00 bits per heavy atom. The fraction of sp³-hybridized carbons (Fsp3) is 0.429. The Labute approximate surface area is 154 Å². The highest BCUT2D eigenvalue weighted by Crippen LogP contribution is 2.24. The number of aromatic nitrogens is 1. The summed E-state index contributed by atoms with van der Waals surface area (Å²) in [6.07, 6.45) is 4.72. The fourth-order valence-corrected chi connectivity index (χ4v) is 3.53. The van der Waals surface area contributed by atoms with E-state index in [-0.39, 0.29) is 17.5 Å². The van der Waals surface area contributed by atoms with Gasteiger partial charge in [-0.1, -0.05) is 18.2 Å². The summed E-state index contributed by atoms with van der Waals surface area (Å²) < 4.78 is 14.0. The molecule has 26 heavy (non-hydrogen) atoms. The number of piperidine rings is 1. The molecule has 5 heteroatoms. The number of benzene rings is 1. The molecule has 0 N–H and O–H groups in total. The van der Waals surface area contributed by atoms with E-state index in [0.29, 0.717) is 6.54 Å². The van der Waals surface area contributed by atoms with E-state index in [1.54, 1.807) is 18.2 Å². The van der Waals surface area contributed by atoms with Crippen LogP contribution in [0.15, 0.2) is 42.5 Å².